The normalized spacial score (nSPS) is 19.7. The molecule has 0 radical (unpaired) electrons. The van der Waals surface area contributed by atoms with Crippen LogP contribution in [0.1, 0.15) is 27.5 Å². The number of nitrogens with zero attached hydrogens (tertiary/aromatic N) is 4. The topological polar surface area (TPSA) is 95.0 Å². The molecule has 0 bridgehead atoms. The van der Waals surface area contributed by atoms with E-state index in [-0.39, 0.29) is 35.8 Å². The van der Waals surface area contributed by atoms with E-state index in [1.54, 1.807) is 4.40 Å². The highest BCUT2D eigenvalue weighted by Gasteiger charge is 2.43. The second-order valence-electron chi connectivity index (χ2n) is 8.43. The molecule has 8 nitrogen and oxygen atoms in total. The number of rotatable bonds is 2. The van der Waals surface area contributed by atoms with Gasteiger partial charge in [-0.15, -0.1) is 13.2 Å². The van der Waals surface area contributed by atoms with E-state index in [1.807, 2.05) is 0 Å². The van der Waals surface area contributed by atoms with Crippen molar-refractivity contribution in [3.05, 3.63) is 65.4 Å². The number of benzene rings is 2. The summed E-state index contributed by atoms with van der Waals surface area (Å²) in [5.41, 5.74) is 8.24. The first kappa shape index (κ1) is 21.6. The Kier molecular flexibility index (Phi) is 4.65. The summed E-state index contributed by atoms with van der Waals surface area (Å²) in [5, 5.41) is 0. The molecule has 2 aromatic heterocycles. The van der Waals surface area contributed by atoms with Gasteiger partial charge in [-0.05, 0) is 29.3 Å². The number of carbonyl (C=O) groups excluding carboxylic acids is 1. The number of fused-ring (bicyclic) bond motifs is 6. The lowest BCUT2D eigenvalue weighted by atomic mass is 10.0. The first-order valence-corrected chi connectivity index (χ1v) is 10.7. The average molecular weight is 487 g/mol. The van der Waals surface area contributed by atoms with Crippen LogP contribution in [-0.2, 0) is 11.2 Å². The molecule has 1 aliphatic heterocycles. The second kappa shape index (κ2) is 7.54. The zero-order valence-corrected chi connectivity index (χ0v) is 17.9. The van der Waals surface area contributed by atoms with Crippen LogP contribution < -0.4 is 10.5 Å². The number of carbonyl (C=O) groups is 1. The number of nitrogen functional groups attached to an aromatic ring is 1. The number of anilines is 1. The third-order valence-electron chi connectivity index (χ3n) is 6.40. The van der Waals surface area contributed by atoms with Crippen molar-refractivity contribution in [1.82, 2.24) is 19.3 Å². The van der Waals surface area contributed by atoms with E-state index in [1.165, 1.54) is 41.7 Å². The highest BCUT2D eigenvalue weighted by Crippen LogP contribution is 2.42. The highest BCUT2D eigenvalue weighted by atomic mass is 19.4. The van der Waals surface area contributed by atoms with Gasteiger partial charge < -0.3 is 20.1 Å². The van der Waals surface area contributed by atoms with Gasteiger partial charge in [0, 0.05) is 19.0 Å². The first-order chi connectivity index (χ1) is 16.7. The lowest BCUT2D eigenvalue weighted by molar-refractivity contribution is -0.274. The zero-order valence-electron chi connectivity index (χ0n) is 17.9. The van der Waals surface area contributed by atoms with Crippen molar-refractivity contribution in [1.29, 1.82) is 0 Å². The van der Waals surface area contributed by atoms with Gasteiger partial charge >= 0.3 is 6.36 Å². The van der Waals surface area contributed by atoms with E-state index in [9.17, 15) is 18.0 Å². The molecule has 2 N–H and O–H groups in total. The molecule has 6 rings (SSSR count). The minimum Gasteiger partial charge on any atom is -0.406 e. The van der Waals surface area contributed by atoms with Crippen LogP contribution in [0.25, 0.3) is 16.6 Å². The summed E-state index contributed by atoms with van der Waals surface area (Å²) >= 11 is 0. The number of aromatic nitrogens is 3. The molecule has 1 saturated heterocycles. The number of imidazole rings is 1. The Balaban J connectivity index is 1.39. The highest BCUT2D eigenvalue weighted by molar-refractivity contribution is 5.99. The van der Waals surface area contributed by atoms with Gasteiger partial charge in [-0.25, -0.2) is 14.4 Å². The Labute approximate surface area is 194 Å². The molecule has 2 aromatic carbocycles. The quantitative estimate of drug-likeness (QED) is 0.434. The summed E-state index contributed by atoms with van der Waals surface area (Å²) in [5.74, 6) is -1.48. The Morgan fingerprint density at radius 3 is 2.83 bits per heavy atom. The van der Waals surface area contributed by atoms with E-state index >= 15 is 4.39 Å². The maximum Gasteiger partial charge on any atom is 0.573 e. The van der Waals surface area contributed by atoms with E-state index in [0.29, 0.717) is 28.6 Å². The number of nitrogens with two attached hydrogens (primary N) is 1. The van der Waals surface area contributed by atoms with Gasteiger partial charge in [0.15, 0.2) is 0 Å². The molecule has 0 saturated carbocycles. The molecule has 180 valence electrons. The van der Waals surface area contributed by atoms with Crippen LogP contribution in [0.4, 0.5) is 23.4 Å². The Morgan fingerprint density at radius 2 is 2.03 bits per heavy atom. The lowest BCUT2D eigenvalue weighted by Crippen LogP contribution is -2.46. The fraction of sp³-hybridized carbons (Fsp3) is 0.261. The number of amides is 1. The van der Waals surface area contributed by atoms with Gasteiger partial charge in [0.25, 0.3) is 5.91 Å². The number of alkyl halides is 3. The summed E-state index contributed by atoms with van der Waals surface area (Å²) < 4.78 is 64.5. The van der Waals surface area contributed by atoms with Crippen LogP contribution in [0.5, 0.6) is 5.75 Å². The molecular formula is C23H17F4N5O3. The summed E-state index contributed by atoms with van der Waals surface area (Å²) in [7, 11) is 0. The maximum absolute atomic E-state index is 15.1. The molecule has 0 unspecified atom stereocenters. The molecule has 35 heavy (non-hydrogen) atoms. The molecule has 0 spiro atoms. The van der Waals surface area contributed by atoms with Gasteiger partial charge in [0.1, 0.15) is 22.9 Å². The molecule has 4 aromatic rings. The number of hydrogen-bond donors (Lipinski definition) is 1. The van der Waals surface area contributed by atoms with Crippen LogP contribution in [-0.4, -0.2) is 50.8 Å². The van der Waals surface area contributed by atoms with Crippen LogP contribution in [0.15, 0.2) is 42.9 Å². The van der Waals surface area contributed by atoms with Crippen molar-refractivity contribution in [2.75, 3.05) is 18.9 Å². The monoisotopic (exact) mass is 487 g/mol. The third kappa shape index (κ3) is 3.52. The second-order valence-corrected chi connectivity index (χ2v) is 8.43. The summed E-state index contributed by atoms with van der Waals surface area (Å²) in [6.45, 7) is 0.407. The standard InChI is InChI=1S/C23H17F4N5O3/c24-15-8-16-17(32-10-29-9-18(32)21(28)30-16)7-14(15)22(33)31-3-4-34-19-6-11-5-12(35-23(25,26)27)1-2-13(11)20(19)31/h1-2,5,7-10,19-20H,3-4,6H2,(H2,28,30)/t19-,20+/m1/s1. The molecule has 3 heterocycles. The summed E-state index contributed by atoms with van der Waals surface area (Å²) in [4.78, 5) is 23.4. The Bertz CT molecular complexity index is 1500. The number of ether oxygens (including phenoxy) is 2. The van der Waals surface area contributed by atoms with Crippen molar-refractivity contribution in [3.8, 4) is 5.75 Å². The van der Waals surface area contributed by atoms with Gasteiger partial charge in [0.2, 0.25) is 0 Å². The van der Waals surface area contributed by atoms with Crippen molar-refractivity contribution >= 4 is 28.3 Å². The van der Waals surface area contributed by atoms with Gasteiger partial charge in [-0.3, -0.25) is 9.20 Å². The maximum atomic E-state index is 15.1. The van der Waals surface area contributed by atoms with E-state index in [4.69, 9.17) is 10.5 Å². The first-order valence-electron chi connectivity index (χ1n) is 10.7. The molecule has 2 aliphatic rings. The molecular weight excluding hydrogens is 470 g/mol. The van der Waals surface area contributed by atoms with Crippen molar-refractivity contribution < 1.29 is 31.8 Å². The smallest absolute Gasteiger partial charge is 0.406 e. The van der Waals surface area contributed by atoms with Crippen molar-refractivity contribution in [2.24, 2.45) is 0 Å². The van der Waals surface area contributed by atoms with Crippen LogP contribution >= 0.6 is 0 Å². The molecule has 12 heteroatoms. The van der Waals surface area contributed by atoms with Crippen LogP contribution in [0, 0.1) is 5.82 Å². The average Bonchev–Trinajstić information content (AvgIpc) is 3.42. The molecule has 1 aliphatic carbocycles. The SMILES string of the molecule is Nc1nc2cc(F)c(C(=O)N3CCO[C@@H]4Cc5cc(OC(F)(F)F)ccc5[C@@H]43)cc2n2cncc12. The van der Waals surface area contributed by atoms with Crippen molar-refractivity contribution in [2.45, 2.75) is 24.9 Å². The fourth-order valence-corrected chi connectivity index (χ4v) is 4.98. The Morgan fingerprint density at radius 1 is 1.20 bits per heavy atom. The fourth-order valence-electron chi connectivity index (χ4n) is 4.98. The third-order valence-corrected chi connectivity index (χ3v) is 6.40. The molecule has 1 fully saturated rings. The predicted octanol–water partition coefficient (Wildman–Crippen LogP) is 3.64. The van der Waals surface area contributed by atoms with E-state index in [2.05, 4.69) is 14.7 Å². The van der Waals surface area contributed by atoms with E-state index in [0.717, 1.165) is 6.07 Å². The molecule has 2 atom stereocenters. The zero-order chi connectivity index (χ0) is 24.5. The summed E-state index contributed by atoms with van der Waals surface area (Å²) in [6.07, 6.45) is -1.95. The Hall–Kier alpha value is -3.93. The van der Waals surface area contributed by atoms with Crippen LogP contribution in [0.3, 0.4) is 0 Å². The minimum atomic E-state index is -4.81. The summed E-state index contributed by atoms with van der Waals surface area (Å²) in [6, 6.07) is 5.99. The largest absolute Gasteiger partial charge is 0.573 e. The van der Waals surface area contributed by atoms with Crippen LogP contribution in [0.2, 0.25) is 0 Å². The number of hydrogen-bond acceptors (Lipinski definition) is 6. The van der Waals surface area contributed by atoms with E-state index < -0.39 is 30.2 Å². The van der Waals surface area contributed by atoms with Gasteiger partial charge in [-0.1, -0.05) is 6.07 Å². The lowest BCUT2D eigenvalue weighted by Gasteiger charge is -2.38. The number of halogens is 4. The van der Waals surface area contributed by atoms with Gasteiger partial charge in [0.05, 0.1) is 47.9 Å². The predicted molar refractivity (Wildman–Crippen MR) is 115 cm³/mol. The minimum absolute atomic E-state index is 0.162. The molecule has 1 amide bonds. The number of morpholine rings is 1. The van der Waals surface area contributed by atoms with Crippen molar-refractivity contribution in [3.63, 3.8) is 0 Å². The van der Waals surface area contributed by atoms with Gasteiger partial charge in [-0.2, -0.15) is 0 Å².